The topological polar surface area (TPSA) is 18.5 Å². The van der Waals surface area contributed by atoms with Crippen molar-refractivity contribution < 1.29 is 9.47 Å². The fourth-order valence-electron chi connectivity index (χ4n) is 2.23. The second kappa shape index (κ2) is 5.55. The van der Waals surface area contributed by atoms with Crippen LogP contribution >= 0.6 is 23.2 Å². The zero-order valence-electron chi connectivity index (χ0n) is 11.0. The highest BCUT2D eigenvalue weighted by molar-refractivity contribution is 6.33. The summed E-state index contributed by atoms with van der Waals surface area (Å²) in [5.74, 6) is 1.50. The summed E-state index contributed by atoms with van der Waals surface area (Å²) in [6.07, 6.45) is 0. The van der Waals surface area contributed by atoms with E-state index in [1.54, 1.807) is 0 Å². The molecular weight excluding hydrogens is 295 g/mol. The van der Waals surface area contributed by atoms with Crippen LogP contribution < -0.4 is 9.47 Å². The molecular formula is C16H14Cl2O2. The molecule has 0 spiro atoms. The van der Waals surface area contributed by atoms with E-state index < -0.39 is 0 Å². The van der Waals surface area contributed by atoms with E-state index in [0.29, 0.717) is 18.2 Å². The first-order valence-electron chi connectivity index (χ1n) is 6.45. The monoisotopic (exact) mass is 308 g/mol. The fraction of sp³-hybridized carbons (Fsp3) is 0.250. The average molecular weight is 309 g/mol. The lowest BCUT2D eigenvalue weighted by molar-refractivity contribution is 0.171. The minimum atomic E-state index is -0.307. The number of rotatable bonds is 2. The Balaban J connectivity index is 1.95. The van der Waals surface area contributed by atoms with Crippen LogP contribution in [-0.4, -0.2) is 13.2 Å². The molecule has 4 heteroatoms. The van der Waals surface area contributed by atoms with Crippen LogP contribution in [0.15, 0.2) is 36.4 Å². The second-order valence-electron chi connectivity index (χ2n) is 4.79. The summed E-state index contributed by atoms with van der Waals surface area (Å²) in [6, 6.07) is 11.6. The van der Waals surface area contributed by atoms with Crippen LogP contribution in [-0.2, 0) is 0 Å². The Hall–Kier alpha value is -1.38. The van der Waals surface area contributed by atoms with Gasteiger partial charge in [-0.2, -0.15) is 0 Å². The Morgan fingerprint density at radius 1 is 1.00 bits per heavy atom. The van der Waals surface area contributed by atoms with Crippen LogP contribution in [0.1, 0.15) is 22.1 Å². The van der Waals surface area contributed by atoms with Gasteiger partial charge in [-0.3, -0.25) is 0 Å². The van der Waals surface area contributed by atoms with Crippen molar-refractivity contribution in [3.8, 4) is 11.5 Å². The number of hydrogen-bond donors (Lipinski definition) is 0. The zero-order valence-corrected chi connectivity index (χ0v) is 12.5. The molecule has 2 aromatic rings. The summed E-state index contributed by atoms with van der Waals surface area (Å²) < 4.78 is 11.1. The van der Waals surface area contributed by atoms with Gasteiger partial charge >= 0.3 is 0 Å². The first kappa shape index (κ1) is 13.6. The van der Waals surface area contributed by atoms with Crippen LogP contribution in [0.25, 0.3) is 0 Å². The number of aryl methyl sites for hydroxylation is 1. The van der Waals surface area contributed by atoms with Crippen molar-refractivity contribution >= 4 is 23.2 Å². The Morgan fingerprint density at radius 3 is 2.50 bits per heavy atom. The highest BCUT2D eigenvalue weighted by Gasteiger charge is 2.18. The molecule has 1 aliphatic heterocycles. The van der Waals surface area contributed by atoms with Gasteiger partial charge in [0.15, 0.2) is 11.5 Å². The first-order valence-corrected chi connectivity index (χ1v) is 7.26. The Kier molecular flexibility index (Phi) is 3.77. The lowest BCUT2D eigenvalue weighted by Gasteiger charge is -2.20. The number of halogens is 2. The van der Waals surface area contributed by atoms with Crippen molar-refractivity contribution in [3.63, 3.8) is 0 Å². The predicted molar refractivity (Wildman–Crippen MR) is 81.3 cm³/mol. The Labute approximate surface area is 128 Å². The number of ether oxygens (including phenoxy) is 2. The molecule has 0 saturated heterocycles. The lowest BCUT2D eigenvalue weighted by atomic mass is 10.0. The normalized spacial score (nSPS) is 14.9. The Bertz CT molecular complexity index is 640. The van der Waals surface area contributed by atoms with Gasteiger partial charge in [0, 0.05) is 5.02 Å². The molecule has 1 heterocycles. The summed E-state index contributed by atoms with van der Waals surface area (Å²) in [5.41, 5.74) is 2.96. The maximum Gasteiger partial charge on any atom is 0.161 e. The number of alkyl halides is 1. The molecule has 0 N–H and O–H groups in total. The molecule has 0 aliphatic carbocycles. The van der Waals surface area contributed by atoms with Crippen LogP contribution in [0.3, 0.4) is 0 Å². The van der Waals surface area contributed by atoms with Gasteiger partial charge in [0.2, 0.25) is 0 Å². The molecule has 0 amide bonds. The van der Waals surface area contributed by atoms with E-state index in [1.807, 2.05) is 43.3 Å². The standard InChI is InChI=1S/C16H14Cl2O2/c1-10-2-4-12(13(17)8-10)16(18)11-3-5-14-15(9-11)20-7-6-19-14/h2-5,8-9,16H,6-7H2,1H3. The summed E-state index contributed by atoms with van der Waals surface area (Å²) in [5, 5.41) is 0.374. The third-order valence-electron chi connectivity index (χ3n) is 3.29. The molecule has 2 nitrogen and oxygen atoms in total. The molecule has 0 radical (unpaired) electrons. The van der Waals surface area contributed by atoms with Crippen LogP contribution in [0.5, 0.6) is 11.5 Å². The van der Waals surface area contributed by atoms with Crippen molar-refractivity contribution in [1.29, 1.82) is 0 Å². The van der Waals surface area contributed by atoms with E-state index in [9.17, 15) is 0 Å². The molecule has 1 unspecified atom stereocenters. The summed E-state index contributed by atoms with van der Waals surface area (Å²) in [7, 11) is 0. The summed E-state index contributed by atoms with van der Waals surface area (Å²) >= 11 is 12.8. The first-order chi connectivity index (χ1) is 9.65. The minimum Gasteiger partial charge on any atom is -0.486 e. The number of benzene rings is 2. The van der Waals surface area contributed by atoms with E-state index in [-0.39, 0.29) is 5.38 Å². The molecule has 2 aromatic carbocycles. The quantitative estimate of drug-likeness (QED) is 0.745. The maximum atomic E-state index is 6.55. The lowest BCUT2D eigenvalue weighted by Crippen LogP contribution is -2.15. The average Bonchev–Trinajstić information content (AvgIpc) is 2.46. The summed E-state index contributed by atoms with van der Waals surface area (Å²) in [4.78, 5) is 0. The number of hydrogen-bond acceptors (Lipinski definition) is 2. The molecule has 0 fully saturated rings. The van der Waals surface area contributed by atoms with Crippen molar-refractivity contribution in [2.75, 3.05) is 13.2 Å². The van der Waals surface area contributed by atoms with E-state index in [4.69, 9.17) is 32.7 Å². The van der Waals surface area contributed by atoms with Gasteiger partial charge in [0.1, 0.15) is 13.2 Å². The SMILES string of the molecule is Cc1ccc(C(Cl)c2ccc3c(c2)OCCO3)c(Cl)c1. The van der Waals surface area contributed by atoms with Gasteiger partial charge in [-0.25, -0.2) is 0 Å². The third-order valence-corrected chi connectivity index (χ3v) is 4.10. The van der Waals surface area contributed by atoms with Crippen molar-refractivity contribution in [1.82, 2.24) is 0 Å². The number of fused-ring (bicyclic) bond motifs is 1. The van der Waals surface area contributed by atoms with Crippen molar-refractivity contribution in [3.05, 3.63) is 58.1 Å². The van der Waals surface area contributed by atoms with Crippen molar-refractivity contribution in [2.24, 2.45) is 0 Å². The highest BCUT2D eigenvalue weighted by atomic mass is 35.5. The van der Waals surface area contributed by atoms with Crippen LogP contribution in [0.2, 0.25) is 5.02 Å². The molecule has 0 aromatic heterocycles. The van der Waals surface area contributed by atoms with Gasteiger partial charge in [0.05, 0.1) is 5.38 Å². The van der Waals surface area contributed by atoms with Gasteiger partial charge in [-0.05, 0) is 41.8 Å². The van der Waals surface area contributed by atoms with Gasteiger partial charge in [-0.1, -0.05) is 29.8 Å². The Morgan fingerprint density at radius 2 is 1.75 bits per heavy atom. The minimum absolute atomic E-state index is 0.307. The van der Waals surface area contributed by atoms with Crippen molar-refractivity contribution in [2.45, 2.75) is 12.3 Å². The van der Waals surface area contributed by atoms with E-state index in [0.717, 1.165) is 28.2 Å². The van der Waals surface area contributed by atoms with E-state index in [2.05, 4.69) is 0 Å². The molecule has 104 valence electrons. The molecule has 1 atom stereocenters. The van der Waals surface area contributed by atoms with E-state index >= 15 is 0 Å². The van der Waals surface area contributed by atoms with Gasteiger partial charge in [-0.15, -0.1) is 11.6 Å². The summed E-state index contributed by atoms with van der Waals surface area (Å²) in [6.45, 7) is 3.15. The molecule has 0 bridgehead atoms. The molecule has 1 aliphatic rings. The van der Waals surface area contributed by atoms with E-state index in [1.165, 1.54) is 0 Å². The maximum absolute atomic E-state index is 6.55. The highest BCUT2D eigenvalue weighted by Crippen LogP contribution is 2.38. The second-order valence-corrected chi connectivity index (χ2v) is 5.63. The van der Waals surface area contributed by atoms with Gasteiger partial charge < -0.3 is 9.47 Å². The zero-order chi connectivity index (χ0) is 14.1. The largest absolute Gasteiger partial charge is 0.486 e. The van der Waals surface area contributed by atoms with Gasteiger partial charge in [0.25, 0.3) is 0 Å². The van der Waals surface area contributed by atoms with Crippen LogP contribution in [0.4, 0.5) is 0 Å². The fourth-order valence-corrected chi connectivity index (χ4v) is 2.96. The smallest absolute Gasteiger partial charge is 0.161 e. The third kappa shape index (κ3) is 2.58. The van der Waals surface area contributed by atoms with Crippen LogP contribution in [0, 0.1) is 6.92 Å². The molecule has 0 saturated carbocycles. The molecule has 3 rings (SSSR count). The predicted octanol–water partition coefficient (Wildman–Crippen LogP) is 4.75. The molecule has 20 heavy (non-hydrogen) atoms.